The molecule has 2 rings (SSSR count). The van der Waals surface area contributed by atoms with E-state index in [9.17, 15) is 0 Å². The SMILES string of the molecule is Cl.NCC1CCN(CCOc2ccc(Cl)cc2Cl)CC1. The molecule has 0 bridgehead atoms. The Morgan fingerprint density at radius 1 is 1.25 bits per heavy atom. The van der Waals surface area contributed by atoms with Crippen LogP contribution in [0.15, 0.2) is 18.2 Å². The number of nitrogens with zero attached hydrogens (tertiary/aromatic N) is 1. The number of hydrogen-bond donors (Lipinski definition) is 1. The molecule has 2 N–H and O–H groups in total. The van der Waals surface area contributed by atoms with Gasteiger partial charge in [-0.1, -0.05) is 23.2 Å². The van der Waals surface area contributed by atoms with Gasteiger partial charge in [-0.05, 0) is 56.6 Å². The van der Waals surface area contributed by atoms with Gasteiger partial charge in [-0.25, -0.2) is 0 Å². The Bertz CT molecular complexity index is 409. The minimum absolute atomic E-state index is 0. The van der Waals surface area contributed by atoms with Gasteiger partial charge in [-0.3, -0.25) is 4.90 Å². The Labute approximate surface area is 136 Å². The highest BCUT2D eigenvalue weighted by Gasteiger charge is 2.17. The number of likely N-dealkylation sites (tertiary alicyclic amines) is 1. The largest absolute Gasteiger partial charge is 0.491 e. The van der Waals surface area contributed by atoms with E-state index >= 15 is 0 Å². The fourth-order valence-electron chi connectivity index (χ4n) is 2.32. The summed E-state index contributed by atoms with van der Waals surface area (Å²) in [6.07, 6.45) is 2.39. The van der Waals surface area contributed by atoms with Crippen molar-refractivity contribution < 1.29 is 4.74 Å². The summed E-state index contributed by atoms with van der Waals surface area (Å²) >= 11 is 11.9. The molecule has 1 fully saturated rings. The molecule has 1 aliphatic heterocycles. The van der Waals surface area contributed by atoms with Crippen LogP contribution >= 0.6 is 35.6 Å². The fraction of sp³-hybridized carbons (Fsp3) is 0.571. The van der Waals surface area contributed by atoms with Crippen molar-refractivity contribution in [3.05, 3.63) is 28.2 Å². The van der Waals surface area contributed by atoms with Gasteiger partial charge in [0.2, 0.25) is 0 Å². The van der Waals surface area contributed by atoms with Crippen molar-refractivity contribution in [3.63, 3.8) is 0 Å². The third-order valence-corrected chi connectivity index (χ3v) is 4.13. The maximum absolute atomic E-state index is 6.05. The molecule has 0 aromatic heterocycles. The van der Waals surface area contributed by atoms with Crippen LogP contribution in [0, 0.1) is 5.92 Å². The maximum atomic E-state index is 6.05. The average molecular weight is 340 g/mol. The van der Waals surface area contributed by atoms with E-state index in [1.807, 2.05) is 6.07 Å². The van der Waals surface area contributed by atoms with Crippen LogP contribution in [0.3, 0.4) is 0 Å². The van der Waals surface area contributed by atoms with Gasteiger partial charge in [-0.15, -0.1) is 12.4 Å². The van der Waals surface area contributed by atoms with Crippen LogP contribution in [-0.2, 0) is 0 Å². The molecule has 1 aromatic rings. The molecular formula is C14H21Cl3N2O. The second kappa shape index (κ2) is 8.96. The van der Waals surface area contributed by atoms with E-state index in [1.54, 1.807) is 12.1 Å². The summed E-state index contributed by atoms with van der Waals surface area (Å²) in [5.41, 5.74) is 5.68. The first kappa shape index (κ1) is 17.9. The molecule has 0 saturated carbocycles. The van der Waals surface area contributed by atoms with E-state index in [0.717, 1.165) is 26.2 Å². The molecule has 0 atom stereocenters. The zero-order valence-corrected chi connectivity index (χ0v) is 13.7. The zero-order chi connectivity index (χ0) is 13.7. The van der Waals surface area contributed by atoms with Crippen LogP contribution in [0.2, 0.25) is 10.0 Å². The molecule has 1 aliphatic rings. The second-order valence-corrected chi connectivity index (χ2v) is 5.79. The van der Waals surface area contributed by atoms with Gasteiger partial charge in [0.25, 0.3) is 0 Å². The predicted molar refractivity (Wildman–Crippen MR) is 87.4 cm³/mol. The lowest BCUT2D eigenvalue weighted by molar-refractivity contribution is 0.157. The van der Waals surface area contributed by atoms with E-state index in [-0.39, 0.29) is 12.4 Å². The smallest absolute Gasteiger partial charge is 0.138 e. The second-order valence-electron chi connectivity index (χ2n) is 4.94. The quantitative estimate of drug-likeness (QED) is 0.893. The van der Waals surface area contributed by atoms with E-state index in [4.69, 9.17) is 33.7 Å². The Hall–Kier alpha value is -0.190. The van der Waals surface area contributed by atoms with Gasteiger partial charge < -0.3 is 10.5 Å². The third kappa shape index (κ3) is 5.30. The van der Waals surface area contributed by atoms with Gasteiger partial charge in [-0.2, -0.15) is 0 Å². The van der Waals surface area contributed by atoms with Gasteiger partial charge in [0.05, 0.1) is 5.02 Å². The molecule has 0 aliphatic carbocycles. The van der Waals surface area contributed by atoms with Crippen molar-refractivity contribution >= 4 is 35.6 Å². The van der Waals surface area contributed by atoms with Crippen molar-refractivity contribution in [2.75, 3.05) is 32.8 Å². The highest BCUT2D eigenvalue weighted by atomic mass is 35.5. The normalized spacial score (nSPS) is 16.8. The van der Waals surface area contributed by atoms with Crippen LogP contribution in [0.5, 0.6) is 5.75 Å². The summed E-state index contributed by atoms with van der Waals surface area (Å²) in [7, 11) is 0. The van der Waals surface area contributed by atoms with Gasteiger partial charge in [0.15, 0.2) is 0 Å². The molecule has 114 valence electrons. The van der Waals surface area contributed by atoms with Crippen molar-refractivity contribution in [3.8, 4) is 5.75 Å². The minimum atomic E-state index is 0. The molecule has 0 radical (unpaired) electrons. The molecule has 0 spiro atoms. The van der Waals surface area contributed by atoms with Gasteiger partial charge in [0, 0.05) is 11.6 Å². The number of benzene rings is 1. The topological polar surface area (TPSA) is 38.5 Å². The molecule has 20 heavy (non-hydrogen) atoms. The molecule has 1 aromatic carbocycles. The molecule has 1 saturated heterocycles. The van der Waals surface area contributed by atoms with Crippen LogP contribution in [0.4, 0.5) is 0 Å². The van der Waals surface area contributed by atoms with E-state index < -0.39 is 0 Å². The zero-order valence-electron chi connectivity index (χ0n) is 11.4. The summed E-state index contributed by atoms with van der Waals surface area (Å²) in [6.45, 7) is 4.61. The number of hydrogen-bond acceptors (Lipinski definition) is 3. The van der Waals surface area contributed by atoms with Crippen molar-refractivity contribution in [1.29, 1.82) is 0 Å². The summed E-state index contributed by atoms with van der Waals surface area (Å²) in [5.74, 6) is 1.39. The number of ether oxygens (including phenoxy) is 1. The first-order valence-corrected chi connectivity index (χ1v) is 7.45. The van der Waals surface area contributed by atoms with Crippen molar-refractivity contribution in [2.45, 2.75) is 12.8 Å². The lowest BCUT2D eigenvalue weighted by Gasteiger charge is -2.31. The minimum Gasteiger partial charge on any atom is -0.491 e. The number of nitrogens with two attached hydrogens (primary N) is 1. The summed E-state index contributed by atoms with van der Waals surface area (Å²) in [6, 6.07) is 5.30. The molecule has 0 amide bonds. The summed E-state index contributed by atoms with van der Waals surface area (Å²) in [4.78, 5) is 2.41. The molecule has 6 heteroatoms. The molecular weight excluding hydrogens is 319 g/mol. The van der Waals surface area contributed by atoms with E-state index in [1.165, 1.54) is 12.8 Å². The average Bonchev–Trinajstić information content (AvgIpc) is 2.42. The maximum Gasteiger partial charge on any atom is 0.138 e. The Kier molecular flexibility index (Phi) is 8.00. The summed E-state index contributed by atoms with van der Waals surface area (Å²) < 4.78 is 5.69. The monoisotopic (exact) mass is 338 g/mol. The number of halogens is 3. The Morgan fingerprint density at radius 3 is 2.55 bits per heavy atom. The molecule has 0 unspecified atom stereocenters. The predicted octanol–water partition coefficient (Wildman–Crippen LogP) is 3.46. The first-order valence-electron chi connectivity index (χ1n) is 6.69. The van der Waals surface area contributed by atoms with Crippen molar-refractivity contribution in [2.24, 2.45) is 11.7 Å². The summed E-state index contributed by atoms with van der Waals surface area (Å²) in [5, 5.41) is 1.19. The van der Waals surface area contributed by atoms with Crippen LogP contribution in [0.25, 0.3) is 0 Å². The first-order chi connectivity index (χ1) is 9.19. The van der Waals surface area contributed by atoms with E-state index in [2.05, 4.69) is 4.90 Å². The van der Waals surface area contributed by atoms with Gasteiger partial charge >= 0.3 is 0 Å². The fourth-order valence-corrected chi connectivity index (χ4v) is 2.79. The lowest BCUT2D eigenvalue weighted by atomic mass is 9.97. The molecule has 1 heterocycles. The van der Waals surface area contributed by atoms with E-state index in [0.29, 0.717) is 28.3 Å². The number of piperidine rings is 1. The van der Waals surface area contributed by atoms with Crippen LogP contribution < -0.4 is 10.5 Å². The highest BCUT2D eigenvalue weighted by molar-refractivity contribution is 6.35. The van der Waals surface area contributed by atoms with Gasteiger partial charge in [0.1, 0.15) is 12.4 Å². The third-order valence-electron chi connectivity index (χ3n) is 3.60. The van der Waals surface area contributed by atoms with Crippen LogP contribution in [0.1, 0.15) is 12.8 Å². The van der Waals surface area contributed by atoms with Crippen molar-refractivity contribution in [1.82, 2.24) is 4.90 Å². The Morgan fingerprint density at radius 2 is 1.95 bits per heavy atom. The highest BCUT2D eigenvalue weighted by Crippen LogP contribution is 2.27. The lowest BCUT2D eigenvalue weighted by Crippen LogP contribution is -2.38. The van der Waals surface area contributed by atoms with Crippen LogP contribution in [-0.4, -0.2) is 37.7 Å². The Balaban J connectivity index is 0.00000200. The molecule has 3 nitrogen and oxygen atoms in total. The number of rotatable bonds is 5. The standard InChI is InChI=1S/C14H20Cl2N2O.ClH/c15-12-1-2-14(13(16)9-12)19-8-7-18-5-3-11(10-17)4-6-18;/h1-2,9,11H,3-8,10,17H2;1H.